The molecule has 1 aliphatic heterocycles. The Bertz CT molecular complexity index is 823. The average molecular weight is 413 g/mol. The predicted molar refractivity (Wildman–Crippen MR) is 116 cm³/mol. The number of hydrogen-bond acceptors (Lipinski definition) is 3. The molecule has 1 heterocycles. The third kappa shape index (κ3) is 5.00. The Kier molecular flexibility index (Phi) is 6.53. The van der Waals surface area contributed by atoms with Crippen LogP contribution in [0.15, 0.2) is 54.6 Å². The van der Waals surface area contributed by atoms with Gasteiger partial charge in [0.15, 0.2) is 0 Å². The maximum absolute atomic E-state index is 13.5. The second-order valence-corrected chi connectivity index (χ2v) is 8.59. The second-order valence-electron chi connectivity index (χ2n) is 8.18. The smallest absolute Gasteiger partial charge is 0.226 e. The molecule has 0 aromatic heterocycles. The number of nitrogens with zero attached hydrogens (tertiary/aromatic N) is 2. The van der Waals surface area contributed by atoms with Crippen molar-refractivity contribution in [2.45, 2.75) is 31.8 Å². The van der Waals surface area contributed by atoms with Crippen molar-refractivity contribution < 1.29 is 9.53 Å². The number of morpholine rings is 1. The van der Waals surface area contributed by atoms with Gasteiger partial charge in [-0.05, 0) is 36.5 Å². The maximum atomic E-state index is 13.5. The molecule has 3 unspecified atom stereocenters. The SMILES string of the molecule is CC(CN1CCOCC1)N(Cc1ccccc1)C(=O)C1CC1c1ccccc1Cl. The molecule has 1 amide bonds. The minimum absolute atomic E-state index is 0.0331. The molecule has 2 aromatic carbocycles. The fourth-order valence-electron chi connectivity index (χ4n) is 4.29. The highest BCUT2D eigenvalue weighted by atomic mass is 35.5. The van der Waals surface area contributed by atoms with Crippen molar-refractivity contribution in [3.63, 3.8) is 0 Å². The Morgan fingerprint density at radius 3 is 2.55 bits per heavy atom. The van der Waals surface area contributed by atoms with Gasteiger partial charge in [-0.15, -0.1) is 0 Å². The fraction of sp³-hybridized carbons (Fsp3) is 0.458. The lowest BCUT2D eigenvalue weighted by atomic mass is 10.1. The summed E-state index contributed by atoms with van der Waals surface area (Å²) in [6, 6.07) is 18.3. The lowest BCUT2D eigenvalue weighted by molar-refractivity contribution is -0.136. The van der Waals surface area contributed by atoms with E-state index >= 15 is 0 Å². The van der Waals surface area contributed by atoms with Gasteiger partial charge in [0, 0.05) is 43.2 Å². The van der Waals surface area contributed by atoms with Crippen molar-refractivity contribution in [3.05, 3.63) is 70.7 Å². The van der Waals surface area contributed by atoms with Crippen LogP contribution < -0.4 is 0 Å². The number of halogens is 1. The first-order chi connectivity index (χ1) is 14.1. The van der Waals surface area contributed by atoms with Crippen LogP contribution in [0, 0.1) is 5.92 Å². The number of benzene rings is 2. The predicted octanol–water partition coefficient (Wildman–Crippen LogP) is 4.19. The summed E-state index contributed by atoms with van der Waals surface area (Å²) < 4.78 is 5.47. The minimum Gasteiger partial charge on any atom is -0.379 e. The number of hydrogen-bond donors (Lipinski definition) is 0. The molecule has 5 heteroatoms. The van der Waals surface area contributed by atoms with Gasteiger partial charge in [-0.1, -0.05) is 60.1 Å². The molecule has 4 rings (SSSR count). The Balaban J connectivity index is 1.48. The van der Waals surface area contributed by atoms with E-state index < -0.39 is 0 Å². The van der Waals surface area contributed by atoms with Crippen LogP contribution in [-0.2, 0) is 16.1 Å². The van der Waals surface area contributed by atoms with E-state index in [1.54, 1.807) is 0 Å². The Morgan fingerprint density at radius 2 is 1.83 bits per heavy atom. The van der Waals surface area contributed by atoms with Gasteiger partial charge in [-0.2, -0.15) is 0 Å². The molecule has 0 radical (unpaired) electrons. The Morgan fingerprint density at radius 1 is 1.14 bits per heavy atom. The second kappa shape index (κ2) is 9.29. The van der Waals surface area contributed by atoms with Crippen LogP contribution in [0.2, 0.25) is 5.02 Å². The highest BCUT2D eigenvalue weighted by molar-refractivity contribution is 6.31. The lowest BCUT2D eigenvalue weighted by Crippen LogP contribution is -2.48. The average Bonchev–Trinajstić information content (AvgIpc) is 3.54. The zero-order chi connectivity index (χ0) is 20.2. The zero-order valence-corrected chi connectivity index (χ0v) is 17.7. The molecular formula is C24H29ClN2O2. The van der Waals surface area contributed by atoms with Gasteiger partial charge in [0.05, 0.1) is 13.2 Å². The van der Waals surface area contributed by atoms with Gasteiger partial charge < -0.3 is 9.64 Å². The molecule has 154 valence electrons. The minimum atomic E-state index is 0.0331. The number of amides is 1. The van der Waals surface area contributed by atoms with Crippen molar-refractivity contribution in [1.82, 2.24) is 9.80 Å². The molecular weight excluding hydrogens is 384 g/mol. The van der Waals surface area contributed by atoms with E-state index in [9.17, 15) is 4.79 Å². The topological polar surface area (TPSA) is 32.8 Å². The Labute approximate surface area is 178 Å². The maximum Gasteiger partial charge on any atom is 0.226 e. The molecule has 2 aliphatic rings. The van der Waals surface area contributed by atoms with Crippen LogP contribution in [0.25, 0.3) is 0 Å². The van der Waals surface area contributed by atoms with Crippen molar-refractivity contribution in [2.75, 3.05) is 32.8 Å². The largest absolute Gasteiger partial charge is 0.379 e. The summed E-state index contributed by atoms with van der Waals surface area (Å²) in [6.07, 6.45) is 0.887. The summed E-state index contributed by atoms with van der Waals surface area (Å²) in [4.78, 5) is 18.0. The molecule has 1 aliphatic carbocycles. The van der Waals surface area contributed by atoms with E-state index in [0.29, 0.717) is 6.54 Å². The molecule has 0 N–H and O–H groups in total. The molecule has 29 heavy (non-hydrogen) atoms. The van der Waals surface area contributed by atoms with Crippen LogP contribution in [0.3, 0.4) is 0 Å². The molecule has 2 fully saturated rings. The number of ether oxygens (including phenoxy) is 1. The van der Waals surface area contributed by atoms with Crippen molar-refractivity contribution in [1.29, 1.82) is 0 Å². The third-order valence-electron chi connectivity index (χ3n) is 6.05. The van der Waals surface area contributed by atoms with Crippen molar-refractivity contribution in [3.8, 4) is 0 Å². The zero-order valence-electron chi connectivity index (χ0n) is 17.0. The van der Waals surface area contributed by atoms with E-state index in [1.165, 1.54) is 5.56 Å². The number of carbonyl (C=O) groups is 1. The highest BCUT2D eigenvalue weighted by Gasteiger charge is 2.47. The summed E-state index contributed by atoms with van der Waals surface area (Å²) in [5.74, 6) is 0.523. The Hall–Kier alpha value is -1.88. The van der Waals surface area contributed by atoms with Gasteiger partial charge in [0.25, 0.3) is 0 Å². The molecule has 1 saturated carbocycles. The molecule has 3 atom stereocenters. The fourth-order valence-corrected chi connectivity index (χ4v) is 4.56. The van der Waals surface area contributed by atoms with Crippen molar-refractivity contribution >= 4 is 17.5 Å². The normalized spacial score (nSPS) is 22.8. The van der Waals surface area contributed by atoms with Gasteiger partial charge in [0.1, 0.15) is 0 Å². The first-order valence-electron chi connectivity index (χ1n) is 10.5. The van der Waals surface area contributed by atoms with Crippen LogP contribution in [0.4, 0.5) is 0 Å². The van der Waals surface area contributed by atoms with E-state index in [1.807, 2.05) is 36.4 Å². The van der Waals surface area contributed by atoms with E-state index in [4.69, 9.17) is 16.3 Å². The van der Waals surface area contributed by atoms with Crippen LogP contribution >= 0.6 is 11.6 Å². The first-order valence-corrected chi connectivity index (χ1v) is 10.9. The van der Waals surface area contributed by atoms with Gasteiger partial charge in [0.2, 0.25) is 5.91 Å². The van der Waals surface area contributed by atoms with E-state index in [-0.39, 0.29) is 23.8 Å². The van der Waals surface area contributed by atoms with Crippen LogP contribution in [-0.4, -0.2) is 54.6 Å². The first kappa shape index (κ1) is 20.4. The summed E-state index contributed by atoms with van der Waals surface area (Å²) >= 11 is 6.39. The quantitative estimate of drug-likeness (QED) is 0.683. The molecule has 2 aromatic rings. The van der Waals surface area contributed by atoms with Gasteiger partial charge in [-0.25, -0.2) is 0 Å². The molecule has 0 bridgehead atoms. The van der Waals surface area contributed by atoms with Crippen LogP contribution in [0.1, 0.15) is 30.4 Å². The van der Waals surface area contributed by atoms with E-state index in [2.05, 4.69) is 34.9 Å². The van der Waals surface area contributed by atoms with Gasteiger partial charge in [-0.3, -0.25) is 9.69 Å². The molecule has 0 spiro atoms. The monoisotopic (exact) mass is 412 g/mol. The summed E-state index contributed by atoms with van der Waals surface area (Å²) in [7, 11) is 0. The van der Waals surface area contributed by atoms with E-state index in [0.717, 1.165) is 49.9 Å². The van der Waals surface area contributed by atoms with Crippen LogP contribution in [0.5, 0.6) is 0 Å². The molecule has 1 saturated heterocycles. The standard InChI is InChI=1S/C24H29ClN2O2/c1-18(16-26-11-13-29-14-12-26)27(17-19-7-3-2-4-8-19)24(28)22-15-21(22)20-9-5-6-10-23(20)25/h2-10,18,21-22H,11-17H2,1H3. The number of carbonyl (C=O) groups excluding carboxylic acids is 1. The highest BCUT2D eigenvalue weighted by Crippen LogP contribution is 2.50. The lowest BCUT2D eigenvalue weighted by Gasteiger charge is -2.35. The van der Waals surface area contributed by atoms with Gasteiger partial charge >= 0.3 is 0 Å². The summed E-state index contributed by atoms with van der Waals surface area (Å²) in [5, 5.41) is 0.767. The van der Waals surface area contributed by atoms with Crippen molar-refractivity contribution in [2.24, 2.45) is 5.92 Å². The number of rotatable bonds is 7. The summed E-state index contributed by atoms with van der Waals surface area (Å²) in [5.41, 5.74) is 2.28. The molecule has 4 nitrogen and oxygen atoms in total. The third-order valence-corrected chi connectivity index (χ3v) is 6.39. The summed E-state index contributed by atoms with van der Waals surface area (Å²) in [6.45, 7) is 7.12.